The van der Waals surface area contributed by atoms with Crippen molar-refractivity contribution in [2.24, 2.45) is 5.92 Å². The van der Waals surface area contributed by atoms with Gasteiger partial charge in [0.05, 0.1) is 0 Å². The van der Waals surface area contributed by atoms with E-state index < -0.39 is 0 Å². The average Bonchev–Trinajstić information content (AvgIpc) is 3.27. The van der Waals surface area contributed by atoms with E-state index in [0.717, 1.165) is 12.1 Å². The van der Waals surface area contributed by atoms with E-state index in [1.807, 2.05) is 6.07 Å². The van der Waals surface area contributed by atoms with Gasteiger partial charge in [-0.3, -0.25) is 0 Å². The van der Waals surface area contributed by atoms with E-state index in [1.165, 1.54) is 56.6 Å². The molecule has 1 N–H and O–H groups in total. The molecule has 0 saturated heterocycles. The number of hydrogen-bond donors (Lipinski definition) is 1. The van der Waals surface area contributed by atoms with Crippen molar-refractivity contribution in [3.63, 3.8) is 0 Å². The van der Waals surface area contributed by atoms with Crippen molar-refractivity contribution in [2.45, 2.75) is 51.0 Å². The molecule has 0 spiro atoms. The summed E-state index contributed by atoms with van der Waals surface area (Å²) in [6.07, 6.45) is 11.3. The van der Waals surface area contributed by atoms with Gasteiger partial charge in [0, 0.05) is 17.6 Å². The summed E-state index contributed by atoms with van der Waals surface area (Å²) in [5, 5.41) is 4.08. The molecule has 0 amide bonds. The molecule has 21 heavy (non-hydrogen) atoms. The third-order valence-electron chi connectivity index (χ3n) is 4.54. The Morgan fingerprint density at radius 3 is 2.57 bits per heavy atom. The smallest absolute Gasteiger partial charge is 0.125 e. The summed E-state index contributed by atoms with van der Waals surface area (Å²) in [7, 11) is 0. The van der Waals surface area contributed by atoms with Crippen LogP contribution in [-0.2, 0) is 0 Å². The molecule has 1 aromatic rings. The fourth-order valence-corrected chi connectivity index (χ4v) is 3.44. The highest BCUT2D eigenvalue weighted by atomic mass is 35.5. The second-order valence-electron chi connectivity index (χ2n) is 6.41. The monoisotopic (exact) mass is 307 g/mol. The van der Waals surface area contributed by atoms with Gasteiger partial charge in [0.25, 0.3) is 0 Å². The van der Waals surface area contributed by atoms with Gasteiger partial charge in [-0.2, -0.15) is 0 Å². The van der Waals surface area contributed by atoms with Crippen LogP contribution in [0.4, 0.5) is 4.39 Å². The van der Waals surface area contributed by atoms with E-state index in [2.05, 4.69) is 11.4 Å². The van der Waals surface area contributed by atoms with Crippen molar-refractivity contribution in [2.75, 3.05) is 6.54 Å². The fourth-order valence-electron chi connectivity index (χ4n) is 3.21. The molecule has 1 nitrogen and oxygen atoms in total. The third kappa shape index (κ3) is 4.55. The fraction of sp³-hybridized carbons (Fsp3) is 0.556. The molecule has 0 unspecified atom stereocenters. The Morgan fingerprint density at radius 1 is 1.14 bits per heavy atom. The topological polar surface area (TPSA) is 12.0 Å². The maximum Gasteiger partial charge on any atom is 0.125 e. The van der Waals surface area contributed by atoms with Crippen LogP contribution >= 0.6 is 11.6 Å². The first-order valence-corrected chi connectivity index (χ1v) is 8.48. The van der Waals surface area contributed by atoms with E-state index in [4.69, 9.17) is 11.6 Å². The van der Waals surface area contributed by atoms with Gasteiger partial charge in [0.1, 0.15) is 5.82 Å². The summed E-state index contributed by atoms with van der Waals surface area (Å²) in [4.78, 5) is 0. The summed E-state index contributed by atoms with van der Waals surface area (Å²) in [5.74, 6) is 0.388. The Balaban J connectivity index is 1.78. The molecule has 3 heteroatoms. The molecule has 0 aromatic heterocycles. The number of hydrogen-bond acceptors (Lipinski definition) is 1. The van der Waals surface area contributed by atoms with Crippen molar-refractivity contribution in [3.05, 3.63) is 40.2 Å². The number of benzene rings is 1. The van der Waals surface area contributed by atoms with E-state index in [9.17, 15) is 4.39 Å². The number of rotatable bonds is 5. The Kier molecular flexibility index (Phi) is 4.97. The van der Waals surface area contributed by atoms with Gasteiger partial charge in [0.2, 0.25) is 0 Å². The summed E-state index contributed by atoms with van der Waals surface area (Å²) in [6.45, 7) is 0.934. The molecule has 2 aliphatic rings. The lowest BCUT2D eigenvalue weighted by molar-refractivity contribution is 0.396. The Bertz CT molecular complexity index is 496. The maximum absolute atomic E-state index is 13.5. The molecule has 0 aliphatic heterocycles. The lowest BCUT2D eigenvalue weighted by Crippen LogP contribution is -2.24. The van der Waals surface area contributed by atoms with Crippen LogP contribution in [0.2, 0.25) is 5.02 Å². The minimum Gasteiger partial charge on any atom is -0.310 e. The lowest BCUT2D eigenvalue weighted by Gasteiger charge is -2.25. The molecule has 2 saturated carbocycles. The van der Waals surface area contributed by atoms with Gasteiger partial charge in [-0.1, -0.05) is 42.5 Å². The van der Waals surface area contributed by atoms with Crippen LogP contribution in [0.15, 0.2) is 23.8 Å². The van der Waals surface area contributed by atoms with Crippen molar-refractivity contribution in [1.29, 1.82) is 0 Å². The Hall–Kier alpha value is -0.860. The quantitative estimate of drug-likeness (QED) is 0.789. The van der Waals surface area contributed by atoms with Gasteiger partial charge in [0.15, 0.2) is 0 Å². The van der Waals surface area contributed by atoms with Crippen LogP contribution < -0.4 is 5.32 Å². The predicted octanol–water partition coefficient (Wildman–Crippen LogP) is 5.19. The highest BCUT2D eigenvalue weighted by Gasteiger charge is 2.23. The van der Waals surface area contributed by atoms with Crippen molar-refractivity contribution >= 4 is 17.7 Å². The maximum atomic E-state index is 13.5. The molecule has 0 atom stereocenters. The molecular weight excluding hydrogens is 285 g/mol. The lowest BCUT2D eigenvalue weighted by atomic mass is 9.83. The standard InChI is InChI=1S/C18H23ClFN/c19-16-9-13(10-17(20)11-16)8-15(12-21-18-6-7-18)14-4-2-1-3-5-14/h8-11,14,18,21H,1-7,12H2/b15-8-. The zero-order valence-electron chi connectivity index (χ0n) is 12.4. The zero-order valence-corrected chi connectivity index (χ0v) is 13.1. The second-order valence-corrected chi connectivity index (χ2v) is 6.85. The van der Waals surface area contributed by atoms with Crippen LogP contribution in [0, 0.1) is 11.7 Å². The minimum absolute atomic E-state index is 0.258. The molecule has 2 fully saturated rings. The van der Waals surface area contributed by atoms with Crippen LogP contribution in [0.25, 0.3) is 6.08 Å². The number of halogens is 2. The molecule has 0 heterocycles. The molecule has 114 valence electrons. The van der Waals surface area contributed by atoms with Crippen LogP contribution in [0.5, 0.6) is 0 Å². The van der Waals surface area contributed by atoms with Gasteiger partial charge in [-0.05, 0) is 55.4 Å². The van der Waals surface area contributed by atoms with Gasteiger partial charge < -0.3 is 5.32 Å². The summed E-state index contributed by atoms with van der Waals surface area (Å²) in [5.41, 5.74) is 2.31. The molecule has 3 rings (SSSR count). The second kappa shape index (κ2) is 6.93. The first kappa shape index (κ1) is 15.1. The summed E-state index contributed by atoms with van der Waals surface area (Å²) in [6, 6.07) is 5.49. The first-order valence-electron chi connectivity index (χ1n) is 8.10. The molecule has 0 radical (unpaired) electrons. The van der Waals surface area contributed by atoms with Crippen LogP contribution in [0.3, 0.4) is 0 Å². The molecule has 0 bridgehead atoms. The van der Waals surface area contributed by atoms with Crippen molar-refractivity contribution in [3.8, 4) is 0 Å². The average molecular weight is 308 g/mol. The van der Waals surface area contributed by atoms with Crippen molar-refractivity contribution in [1.82, 2.24) is 5.32 Å². The van der Waals surface area contributed by atoms with Crippen LogP contribution in [0.1, 0.15) is 50.5 Å². The van der Waals surface area contributed by atoms with Gasteiger partial charge in [-0.15, -0.1) is 0 Å². The van der Waals surface area contributed by atoms with Crippen LogP contribution in [-0.4, -0.2) is 12.6 Å². The largest absolute Gasteiger partial charge is 0.310 e. The molecule has 1 aromatic carbocycles. The van der Waals surface area contributed by atoms with E-state index in [-0.39, 0.29) is 5.82 Å². The van der Waals surface area contributed by atoms with E-state index in [0.29, 0.717) is 17.0 Å². The molecule has 2 aliphatic carbocycles. The van der Waals surface area contributed by atoms with E-state index >= 15 is 0 Å². The Morgan fingerprint density at radius 2 is 1.90 bits per heavy atom. The predicted molar refractivity (Wildman–Crippen MR) is 87.0 cm³/mol. The summed E-state index contributed by atoms with van der Waals surface area (Å²) < 4.78 is 13.5. The normalized spacial score (nSPS) is 20.8. The zero-order chi connectivity index (χ0) is 14.7. The van der Waals surface area contributed by atoms with Gasteiger partial charge in [-0.25, -0.2) is 4.39 Å². The van der Waals surface area contributed by atoms with Crippen molar-refractivity contribution < 1.29 is 4.39 Å². The molecular formula is C18H23ClFN. The minimum atomic E-state index is -0.258. The number of nitrogens with one attached hydrogen (secondary N) is 1. The SMILES string of the molecule is Fc1cc(Cl)cc(/C=C(/CNC2CC2)C2CCCCC2)c1. The highest BCUT2D eigenvalue weighted by Crippen LogP contribution is 2.31. The van der Waals surface area contributed by atoms with E-state index in [1.54, 1.807) is 6.07 Å². The summed E-state index contributed by atoms with van der Waals surface area (Å²) >= 11 is 5.97. The third-order valence-corrected chi connectivity index (χ3v) is 4.76. The highest BCUT2D eigenvalue weighted by molar-refractivity contribution is 6.30. The Labute approximate surface area is 131 Å². The first-order chi connectivity index (χ1) is 10.2. The van der Waals surface area contributed by atoms with Gasteiger partial charge >= 0.3 is 0 Å².